The van der Waals surface area contributed by atoms with Gasteiger partial charge in [-0.05, 0) is 61.1 Å². The highest BCUT2D eigenvalue weighted by atomic mass is 19.1. The largest absolute Gasteiger partial charge is 0.393 e. The summed E-state index contributed by atoms with van der Waals surface area (Å²) in [7, 11) is 0. The molecular formula is C22H24FN3O3. The fourth-order valence-electron chi connectivity index (χ4n) is 4.01. The summed E-state index contributed by atoms with van der Waals surface area (Å²) in [4.78, 5) is 26.7. The first-order valence-electron chi connectivity index (χ1n) is 9.83. The van der Waals surface area contributed by atoms with Gasteiger partial charge in [0.2, 0.25) is 0 Å². The van der Waals surface area contributed by atoms with Gasteiger partial charge in [0.1, 0.15) is 5.82 Å². The van der Waals surface area contributed by atoms with Gasteiger partial charge in [-0.1, -0.05) is 18.2 Å². The molecule has 0 radical (unpaired) electrons. The highest BCUT2D eigenvalue weighted by Crippen LogP contribution is 2.38. The Hall–Kier alpha value is -2.93. The maximum absolute atomic E-state index is 13.3. The second-order valence-electron chi connectivity index (χ2n) is 7.77. The van der Waals surface area contributed by atoms with Crippen molar-refractivity contribution in [2.75, 3.05) is 18.0 Å². The molecule has 152 valence electrons. The third-order valence-corrected chi connectivity index (χ3v) is 5.76. The van der Waals surface area contributed by atoms with Gasteiger partial charge in [0.15, 0.2) is 0 Å². The van der Waals surface area contributed by atoms with Gasteiger partial charge in [0.25, 0.3) is 5.91 Å². The molecule has 0 spiro atoms. The van der Waals surface area contributed by atoms with Crippen LogP contribution in [0.1, 0.15) is 40.4 Å². The lowest BCUT2D eigenvalue weighted by atomic mass is 9.75. The smallest absolute Gasteiger partial charge is 0.322 e. The van der Waals surface area contributed by atoms with Crippen LogP contribution in [0.5, 0.6) is 0 Å². The molecule has 0 unspecified atom stereocenters. The normalized spacial score (nSPS) is 22.0. The van der Waals surface area contributed by atoms with Gasteiger partial charge < -0.3 is 15.7 Å². The van der Waals surface area contributed by atoms with Gasteiger partial charge in [-0.3, -0.25) is 9.69 Å². The number of nitrogens with zero attached hydrogens (tertiary/aromatic N) is 1. The van der Waals surface area contributed by atoms with Gasteiger partial charge in [-0.2, -0.15) is 0 Å². The van der Waals surface area contributed by atoms with Gasteiger partial charge in [0, 0.05) is 24.3 Å². The van der Waals surface area contributed by atoms with Crippen molar-refractivity contribution < 1.29 is 19.1 Å². The Labute approximate surface area is 168 Å². The van der Waals surface area contributed by atoms with Crippen LogP contribution in [0.15, 0.2) is 42.5 Å². The lowest BCUT2D eigenvalue weighted by Crippen LogP contribution is -2.41. The standard InChI is InChI=1S/C22H24FN3O3/c1-13-2-3-15(12-19(13)26-9-8-24-22(26)29)21(28)25-20(16-10-18(27)11-16)14-4-6-17(23)7-5-14/h2-7,12,16,18,20,27H,8-11H2,1H3,(H,24,29)(H,25,28)/t16?,18?,20-/m0/s1. The highest BCUT2D eigenvalue weighted by molar-refractivity contribution is 5.99. The highest BCUT2D eigenvalue weighted by Gasteiger charge is 2.36. The predicted molar refractivity (Wildman–Crippen MR) is 107 cm³/mol. The van der Waals surface area contributed by atoms with E-state index in [2.05, 4.69) is 10.6 Å². The number of nitrogens with one attached hydrogen (secondary N) is 2. The van der Waals surface area contributed by atoms with Crippen LogP contribution in [0.25, 0.3) is 0 Å². The fraction of sp³-hybridized carbons (Fsp3) is 0.364. The van der Waals surface area contributed by atoms with E-state index in [1.165, 1.54) is 12.1 Å². The number of carbonyl (C=O) groups excluding carboxylic acids is 2. The molecule has 1 aliphatic carbocycles. The maximum atomic E-state index is 13.3. The number of amides is 3. The molecule has 4 rings (SSSR count). The van der Waals surface area contributed by atoms with Crippen LogP contribution >= 0.6 is 0 Å². The van der Waals surface area contributed by atoms with Crippen LogP contribution in [-0.2, 0) is 0 Å². The lowest BCUT2D eigenvalue weighted by Gasteiger charge is -2.38. The topological polar surface area (TPSA) is 81.7 Å². The van der Waals surface area contributed by atoms with Crippen LogP contribution in [-0.4, -0.2) is 36.2 Å². The summed E-state index contributed by atoms with van der Waals surface area (Å²) in [5.41, 5.74) is 2.89. The zero-order valence-electron chi connectivity index (χ0n) is 16.2. The van der Waals surface area contributed by atoms with Gasteiger partial charge in [0.05, 0.1) is 12.1 Å². The lowest BCUT2D eigenvalue weighted by molar-refractivity contribution is 0.0235. The summed E-state index contributed by atoms with van der Waals surface area (Å²) in [6.45, 7) is 3.04. The molecule has 3 N–H and O–H groups in total. The average Bonchev–Trinajstić information content (AvgIpc) is 3.10. The Morgan fingerprint density at radius 2 is 1.97 bits per heavy atom. The number of hydrogen-bond donors (Lipinski definition) is 3. The molecule has 1 saturated heterocycles. The summed E-state index contributed by atoms with van der Waals surface area (Å²) >= 11 is 0. The number of hydrogen-bond acceptors (Lipinski definition) is 3. The molecule has 29 heavy (non-hydrogen) atoms. The fourth-order valence-corrected chi connectivity index (χ4v) is 4.01. The van der Waals surface area contributed by atoms with E-state index >= 15 is 0 Å². The van der Waals surface area contributed by atoms with E-state index in [0.29, 0.717) is 37.2 Å². The van der Waals surface area contributed by atoms with Crippen molar-refractivity contribution in [3.05, 3.63) is 65.0 Å². The number of halogens is 1. The molecule has 7 heteroatoms. The number of rotatable bonds is 5. The molecule has 2 aliphatic rings. The molecule has 1 atom stereocenters. The maximum Gasteiger partial charge on any atom is 0.322 e. The van der Waals surface area contributed by atoms with E-state index in [1.54, 1.807) is 29.2 Å². The van der Waals surface area contributed by atoms with Gasteiger partial charge in [-0.15, -0.1) is 0 Å². The first kappa shape index (κ1) is 19.4. The number of benzene rings is 2. The molecule has 6 nitrogen and oxygen atoms in total. The van der Waals surface area contributed by atoms with Crippen LogP contribution < -0.4 is 15.5 Å². The summed E-state index contributed by atoms with van der Waals surface area (Å²) in [6, 6.07) is 10.9. The van der Waals surface area contributed by atoms with E-state index in [1.807, 2.05) is 13.0 Å². The van der Waals surface area contributed by atoms with Crippen LogP contribution in [0.2, 0.25) is 0 Å². The van der Waals surface area contributed by atoms with Crippen LogP contribution in [0, 0.1) is 18.7 Å². The first-order chi connectivity index (χ1) is 13.9. The molecule has 1 aliphatic heterocycles. The first-order valence-corrected chi connectivity index (χ1v) is 9.83. The zero-order chi connectivity index (χ0) is 20.5. The van der Waals surface area contributed by atoms with Crippen molar-refractivity contribution in [2.24, 2.45) is 5.92 Å². The number of aliphatic hydroxyl groups is 1. The summed E-state index contributed by atoms with van der Waals surface area (Å²) in [6.07, 6.45) is 0.824. The predicted octanol–water partition coefficient (Wildman–Crippen LogP) is 2.91. The molecule has 0 bridgehead atoms. The number of aryl methyl sites for hydroxylation is 1. The second kappa shape index (κ2) is 7.83. The van der Waals surface area contributed by atoms with Crippen molar-refractivity contribution in [3.63, 3.8) is 0 Å². The number of urea groups is 1. The van der Waals surface area contributed by atoms with Crippen molar-refractivity contribution in [2.45, 2.75) is 31.9 Å². The zero-order valence-corrected chi connectivity index (χ0v) is 16.2. The van der Waals surface area contributed by atoms with E-state index < -0.39 is 0 Å². The van der Waals surface area contributed by atoms with E-state index in [9.17, 15) is 19.1 Å². The third kappa shape index (κ3) is 3.96. The number of carbonyl (C=O) groups is 2. The second-order valence-corrected chi connectivity index (χ2v) is 7.77. The molecule has 0 aromatic heterocycles. The third-order valence-electron chi connectivity index (χ3n) is 5.76. The monoisotopic (exact) mass is 397 g/mol. The molecule has 2 aromatic rings. The molecular weight excluding hydrogens is 373 g/mol. The quantitative estimate of drug-likeness (QED) is 0.726. The molecule has 1 heterocycles. The SMILES string of the molecule is Cc1ccc(C(=O)N[C@@H](c2ccc(F)cc2)C2CC(O)C2)cc1N1CCNC1=O. The summed E-state index contributed by atoms with van der Waals surface area (Å²) in [5.74, 6) is -0.505. The average molecular weight is 397 g/mol. The summed E-state index contributed by atoms with van der Waals surface area (Å²) in [5, 5.41) is 15.5. The Balaban J connectivity index is 1.57. The Kier molecular flexibility index (Phi) is 5.24. The van der Waals surface area contributed by atoms with E-state index in [0.717, 1.165) is 11.1 Å². The number of aliphatic hydroxyl groups excluding tert-OH is 1. The van der Waals surface area contributed by atoms with E-state index in [4.69, 9.17) is 0 Å². The molecule has 3 amide bonds. The van der Waals surface area contributed by atoms with Crippen molar-refractivity contribution in [1.29, 1.82) is 0 Å². The molecule has 2 fully saturated rings. The minimum atomic E-state index is -0.362. The van der Waals surface area contributed by atoms with Crippen LogP contribution in [0.3, 0.4) is 0 Å². The van der Waals surface area contributed by atoms with Gasteiger partial charge in [-0.25, -0.2) is 9.18 Å². The van der Waals surface area contributed by atoms with Crippen molar-refractivity contribution in [1.82, 2.24) is 10.6 Å². The Bertz CT molecular complexity index is 925. The number of anilines is 1. The molecule has 1 saturated carbocycles. The van der Waals surface area contributed by atoms with Crippen molar-refractivity contribution >= 4 is 17.6 Å². The Morgan fingerprint density at radius 3 is 2.59 bits per heavy atom. The minimum Gasteiger partial charge on any atom is -0.393 e. The Morgan fingerprint density at radius 1 is 1.24 bits per heavy atom. The van der Waals surface area contributed by atoms with Gasteiger partial charge >= 0.3 is 6.03 Å². The summed E-state index contributed by atoms with van der Waals surface area (Å²) < 4.78 is 13.3. The van der Waals surface area contributed by atoms with E-state index in [-0.39, 0.29) is 35.8 Å². The van der Waals surface area contributed by atoms with Crippen molar-refractivity contribution in [3.8, 4) is 0 Å². The minimum absolute atomic E-state index is 0.0914. The molecule has 2 aromatic carbocycles. The van der Waals surface area contributed by atoms with Crippen LogP contribution in [0.4, 0.5) is 14.9 Å².